The van der Waals surface area contributed by atoms with Gasteiger partial charge in [-0.3, -0.25) is 4.32 Å². The van der Waals surface area contributed by atoms with Crippen LogP contribution in [0.25, 0.3) is 0 Å². The maximum absolute atomic E-state index is 12.2. The molecule has 0 N–H and O–H groups in total. The molecule has 0 atom stereocenters. The molecule has 1 radical (unpaired) electrons. The van der Waals surface area contributed by atoms with E-state index in [1.165, 1.54) is 0 Å². The van der Waals surface area contributed by atoms with E-state index in [2.05, 4.69) is 20.8 Å². The van der Waals surface area contributed by atoms with E-state index in [1.54, 1.807) is 0 Å². The highest BCUT2D eigenvalue weighted by Gasteiger charge is 2.34. The number of hydrogen-bond donors (Lipinski definition) is 0. The van der Waals surface area contributed by atoms with Gasteiger partial charge in [-0.05, 0) is 20.8 Å². The standard InChI is InChI=1S/C6H15BFP/c1-4-9(5-2,6-3)7-8/h4-6H2,1-3H3/q+1. The zero-order valence-electron chi connectivity index (χ0n) is 6.52. The third-order valence-corrected chi connectivity index (χ3v) is 6.29. The number of hydrogen-bond acceptors (Lipinski definition) is 0. The maximum atomic E-state index is 12.2. The third-order valence-electron chi connectivity index (χ3n) is 2.10. The topological polar surface area (TPSA) is 0 Å². The van der Waals surface area contributed by atoms with Crippen LogP contribution in [0.2, 0.25) is 0 Å². The maximum Gasteiger partial charge on any atom is 0.587 e. The fourth-order valence-electron chi connectivity index (χ4n) is 0.878. The zero-order chi connectivity index (χ0) is 7.33. The first-order valence-corrected chi connectivity index (χ1v) is 5.96. The van der Waals surface area contributed by atoms with Crippen LogP contribution < -0.4 is 0 Å². The Hall–Kier alpha value is 0.425. The molecule has 0 nitrogen and oxygen atoms in total. The van der Waals surface area contributed by atoms with Crippen molar-refractivity contribution in [2.75, 3.05) is 18.5 Å². The van der Waals surface area contributed by atoms with E-state index in [-0.39, 0.29) is 0 Å². The van der Waals surface area contributed by atoms with Gasteiger partial charge in [-0.2, -0.15) is 0 Å². The molecule has 0 saturated heterocycles. The Bertz CT molecular complexity index is 55.9. The van der Waals surface area contributed by atoms with Gasteiger partial charge >= 0.3 is 7.28 Å². The second-order valence-electron chi connectivity index (χ2n) is 2.26. The normalized spacial score (nSPS) is 11.6. The van der Waals surface area contributed by atoms with Crippen molar-refractivity contribution in [2.24, 2.45) is 0 Å². The van der Waals surface area contributed by atoms with Crippen molar-refractivity contribution in [1.29, 1.82) is 0 Å². The summed E-state index contributed by atoms with van der Waals surface area (Å²) in [5.41, 5.74) is 0. The summed E-state index contributed by atoms with van der Waals surface area (Å²) >= 11 is 0. The number of halogens is 1. The molecule has 0 aliphatic carbocycles. The molecule has 0 unspecified atom stereocenters. The van der Waals surface area contributed by atoms with E-state index in [4.69, 9.17) is 0 Å². The van der Waals surface area contributed by atoms with Crippen LogP contribution in [0.3, 0.4) is 0 Å². The first kappa shape index (κ1) is 9.42. The Morgan fingerprint density at radius 1 is 1.11 bits per heavy atom. The highest BCUT2D eigenvalue weighted by Crippen LogP contribution is 2.55. The van der Waals surface area contributed by atoms with Crippen molar-refractivity contribution < 1.29 is 4.32 Å². The van der Waals surface area contributed by atoms with Gasteiger partial charge in [0.25, 0.3) is 0 Å². The minimum atomic E-state index is -1.21. The van der Waals surface area contributed by atoms with Gasteiger partial charge in [0.1, 0.15) is 0 Å². The van der Waals surface area contributed by atoms with E-state index in [0.717, 1.165) is 25.8 Å². The first-order chi connectivity index (χ1) is 4.24. The fraction of sp³-hybridized carbons (Fsp3) is 1.00. The molecule has 0 aliphatic rings. The van der Waals surface area contributed by atoms with Gasteiger partial charge in [0.2, 0.25) is 0 Å². The summed E-state index contributed by atoms with van der Waals surface area (Å²) in [5, 5.41) is 0. The fourth-order valence-corrected chi connectivity index (χ4v) is 2.63. The van der Waals surface area contributed by atoms with Gasteiger partial charge in [0.05, 0.1) is 0 Å². The summed E-state index contributed by atoms with van der Waals surface area (Å²) in [5.74, 6) is 0. The van der Waals surface area contributed by atoms with Crippen LogP contribution in [0.4, 0.5) is 4.32 Å². The Balaban J connectivity index is 3.82. The van der Waals surface area contributed by atoms with E-state index in [1.807, 2.05) is 0 Å². The molecular formula is C6H15BFP+. The third kappa shape index (κ3) is 2.25. The van der Waals surface area contributed by atoms with Gasteiger partial charge < -0.3 is 0 Å². The molecule has 0 spiro atoms. The van der Waals surface area contributed by atoms with Gasteiger partial charge in [0.15, 0.2) is 0 Å². The second-order valence-corrected chi connectivity index (χ2v) is 6.79. The van der Waals surface area contributed by atoms with Crippen LogP contribution in [-0.4, -0.2) is 25.8 Å². The van der Waals surface area contributed by atoms with Crippen molar-refractivity contribution in [3.63, 3.8) is 0 Å². The summed E-state index contributed by atoms with van der Waals surface area (Å²) in [6, 6.07) is 0. The van der Waals surface area contributed by atoms with Crippen LogP contribution in [0.1, 0.15) is 20.8 Å². The van der Waals surface area contributed by atoms with Crippen LogP contribution in [0.15, 0.2) is 0 Å². The molecule has 3 heteroatoms. The predicted molar refractivity (Wildman–Crippen MR) is 45.4 cm³/mol. The van der Waals surface area contributed by atoms with Gasteiger partial charge in [-0.1, -0.05) is 0 Å². The summed E-state index contributed by atoms with van der Waals surface area (Å²) in [6.07, 6.45) is 3.07. The lowest BCUT2D eigenvalue weighted by Crippen LogP contribution is -2.06. The monoisotopic (exact) mass is 148 g/mol. The molecule has 0 rings (SSSR count). The molecule has 0 fully saturated rings. The van der Waals surface area contributed by atoms with Crippen molar-refractivity contribution in [2.45, 2.75) is 20.8 Å². The summed E-state index contributed by atoms with van der Waals surface area (Å²) < 4.78 is 12.2. The minimum absolute atomic E-state index is 0.965. The molecule has 0 aromatic carbocycles. The molecule has 0 aliphatic heterocycles. The average molecular weight is 148 g/mol. The molecule has 0 saturated carbocycles. The molecule has 9 heavy (non-hydrogen) atoms. The molecular weight excluding hydrogens is 133 g/mol. The molecule has 0 heterocycles. The molecule has 0 amide bonds. The highest BCUT2D eigenvalue weighted by molar-refractivity contribution is 7.99. The molecule has 0 aromatic heterocycles. The first-order valence-electron chi connectivity index (χ1n) is 3.55. The van der Waals surface area contributed by atoms with Crippen LogP contribution in [0.5, 0.6) is 0 Å². The lowest BCUT2D eigenvalue weighted by molar-refractivity contribution is 0.890. The SMILES string of the molecule is CC[P+]([B]F)(CC)CC. The summed E-state index contributed by atoms with van der Waals surface area (Å²) in [4.78, 5) is 0. The largest absolute Gasteiger partial charge is 0.587 e. The zero-order valence-corrected chi connectivity index (χ0v) is 7.42. The Labute approximate surface area is 58.8 Å². The van der Waals surface area contributed by atoms with E-state index < -0.39 is 7.14 Å². The van der Waals surface area contributed by atoms with E-state index in [9.17, 15) is 4.32 Å². The van der Waals surface area contributed by atoms with Gasteiger partial charge in [-0.15, -0.1) is 0 Å². The summed E-state index contributed by atoms with van der Waals surface area (Å²) in [7, 11) is -0.246. The lowest BCUT2D eigenvalue weighted by Gasteiger charge is -2.17. The minimum Gasteiger partial charge on any atom is -0.277 e. The smallest absolute Gasteiger partial charge is 0.277 e. The van der Waals surface area contributed by atoms with Crippen molar-refractivity contribution in [1.82, 2.24) is 0 Å². The molecule has 0 aromatic rings. The van der Waals surface area contributed by atoms with Crippen LogP contribution in [0, 0.1) is 0 Å². The van der Waals surface area contributed by atoms with Crippen LogP contribution in [-0.2, 0) is 0 Å². The number of rotatable bonds is 4. The van der Waals surface area contributed by atoms with Crippen molar-refractivity contribution >= 4 is 14.4 Å². The Morgan fingerprint density at radius 3 is 1.44 bits per heavy atom. The quantitative estimate of drug-likeness (QED) is 0.424. The Morgan fingerprint density at radius 2 is 1.44 bits per heavy atom. The molecule has 0 bridgehead atoms. The average Bonchev–Trinajstić information content (AvgIpc) is 1.95. The molecule has 53 valence electrons. The van der Waals surface area contributed by atoms with Gasteiger partial charge in [0, 0.05) is 25.6 Å². The van der Waals surface area contributed by atoms with E-state index in [0.29, 0.717) is 0 Å². The van der Waals surface area contributed by atoms with Crippen LogP contribution >= 0.6 is 7.14 Å². The van der Waals surface area contributed by atoms with Crippen molar-refractivity contribution in [3.05, 3.63) is 0 Å². The second kappa shape index (κ2) is 4.27. The van der Waals surface area contributed by atoms with Gasteiger partial charge in [-0.25, -0.2) is 0 Å². The van der Waals surface area contributed by atoms with Crippen molar-refractivity contribution in [3.8, 4) is 0 Å². The predicted octanol–water partition coefficient (Wildman–Crippen LogP) is 2.57. The Kier molecular flexibility index (Phi) is 4.48. The van der Waals surface area contributed by atoms with E-state index >= 15 is 0 Å². The highest BCUT2D eigenvalue weighted by atomic mass is 31.2. The lowest BCUT2D eigenvalue weighted by atomic mass is 10.6. The summed E-state index contributed by atoms with van der Waals surface area (Å²) in [6.45, 7) is 6.24.